The molecule has 3 fully saturated rings. The number of nitrogens with zero attached hydrogens (tertiary/aromatic N) is 3. The van der Waals surface area contributed by atoms with Crippen LogP contribution in [0.2, 0.25) is 0 Å². The van der Waals surface area contributed by atoms with E-state index in [1.165, 1.54) is 7.11 Å². The molecule has 0 saturated carbocycles. The van der Waals surface area contributed by atoms with Crippen LogP contribution in [0, 0.1) is 11.6 Å². The Kier molecular flexibility index (Phi) is 8.95. The zero-order valence-corrected chi connectivity index (χ0v) is 22.7. The molecule has 0 aliphatic carbocycles. The molecule has 1 N–H and O–H groups in total. The summed E-state index contributed by atoms with van der Waals surface area (Å²) in [7, 11) is -2.43. The van der Waals surface area contributed by atoms with Crippen LogP contribution in [0.15, 0.2) is 37.4 Å². The number of anilines is 2. The first kappa shape index (κ1) is 29.0. The van der Waals surface area contributed by atoms with Crippen molar-refractivity contribution in [3.05, 3.63) is 49.1 Å². The maximum Gasteiger partial charge on any atom is 0.414 e. The lowest BCUT2D eigenvalue weighted by Crippen LogP contribution is -2.61. The fraction of sp³-hybridized carbons (Fsp3) is 0.520. The van der Waals surface area contributed by atoms with Crippen molar-refractivity contribution in [1.29, 1.82) is 0 Å². The van der Waals surface area contributed by atoms with Crippen LogP contribution in [0.4, 0.5) is 29.7 Å². The van der Waals surface area contributed by atoms with Crippen LogP contribution in [0.5, 0.6) is 0 Å². The number of amides is 2. The van der Waals surface area contributed by atoms with Crippen molar-refractivity contribution in [2.45, 2.75) is 30.9 Å². The molecule has 3 aliphatic heterocycles. The molecule has 3 heterocycles. The van der Waals surface area contributed by atoms with E-state index < -0.39 is 43.2 Å². The quantitative estimate of drug-likeness (QED) is 0.345. The Hall–Kier alpha value is -2.99. The minimum atomic E-state index is -3.63. The number of hydrogen-bond donors (Lipinski definition) is 1. The van der Waals surface area contributed by atoms with Crippen LogP contribution < -0.4 is 15.1 Å². The molecular weight excluding hydrogens is 537 g/mol. The van der Waals surface area contributed by atoms with Crippen LogP contribution in [0.1, 0.15) is 19.3 Å². The van der Waals surface area contributed by atoms with Gasteiger partial charge in [0.2, 0.25) is 0 Å². The number of benzene rings is 1. The van der Waals surface area contributed by atoms with Gasteiger partial charge in [0, 0.05) is 31.8 Å². The summed E-state index contributed by atoms with van der Waals surface area (Å²) in [6.45, 7) is 8.62. The van der Waals surface area contributed by atoms with E-state index >= 15 is 8.78 Å². The fourth-order valence-electron chi connectivity index (χ4n) is 5.22. The summed E-state index contributed by atoms with van der Waals surface area (Å²) in [4.78, 5) is 26.3. The minimum absolute atomic E-state index is 0.0171. The van der Waals surface area contributed by atoms with Crippen molar-refractivity contribution >= 4 is 31.3 Å². The third-order valence-corrected chi connectivity index (χ3v) is 9.15. The number of cyclic esters (lactones) is 1. The van der Waals surface area contributed by atoms with E-state index in [1.54, 1.807) is 21.7 Å². The molecule has 3 saturated heterocycles. The van der Waals surface area contributed by atoms with Gasteiger partial charge in [-0.2, -0.15) is 4.67 Å². The number of carbonyl (C=O) groups excluding carboxylic acids is 2. The van der Waals surface area contributed by atoms with Crippen molar-refractivity contribution in [1.82, 2.24) is 9.99 Å². The lowest BCUT2D eigenvalue weighted by atomic mass is 9.88. The minimum Gasteiger partial charge on any atom is -0.453 e. The smallest absolute Gasteiger partial charge is 0.414 e. The molecule has 4 rings (SSSR count). The fourth-order valence-corrected chi connectivity index (χ4v) is 7.37. The second kappa shape index (κ2) is 12.0. The number of piperazine rings is 1. The van der Waals surface area contributed by atoms with Gasteiger partial charge in [-0.25, -0.2) is 22.9 Å². The zero-order chi connectivity index (χ0) is 28.2. The van der Waals surface area contributed by atoms with E-state index in [4.69, 9.17) is 13.8 Å². The van der Waals surface area contributed by atoms with E-state index in [1.807, 2.05) is 0 Å². The lowest BCUT2D eigenvalue weighted by molar-refractivity contribution is 0.0609. The Morgan fingerprint density at radius 1 is 1.21 bits per heavy atom. The van der Waals surface area contributed by atoms with Crippen molar-refractivity contribution in [3.8, 4) is 0 Å². The predicted octanol–water partition coefficient (Wildman–Crippen LogP) is 4.20. The van der Waals surface area contributed by atoms with E-state index in [0.29, 0.717) is 32.5 Å². The SMILES string of the molecule is C=CCC1(CC=C)CN(c2c(F)cc(N3CC(CNC(=O)OC)OC3=O)cc2F)CCN1P1(=O)OCCCO1. The molecule has 11 nitrogen and oxygen atoms in total. The molecular formula is C25H33F2N4O7P. The lowest BCUT2D eigenvalue weighted by Gasteiger charge is -2.52. The topological polar surface area (TPSA) is 110 Å². The third-order valence-electron chi connectivity index (χ3n) is 6.92. The first-order valence-electron chi connectivity index (χ1n) is 12.6. The summed E-state index contributed by atoms with van der Waals surface area (Å²) < 4.78 is 67.3. The number of nitrogens with one attached hydrogen (secondary N) is 1. The Bertz CT molecular complexity index is 1130. The zero-order valence-electron chi connectivity index (χ0n) is 21.8. The number of hydrogen-bond acceptors (Lipinski definition) is 8. The van der Waals surface area contributed by atoms with Crippen LogP contribution in [-0.4, -0.2) is 81.5 Å². The summed E-state index contributed by atoms with van der Waals surface area (Å²) in [6.07, 6.45) is 2.42. The van der Waals surface area contributed by atoms with Gasteiger partial charge in [0.15, 0.2) is 11.6 Å². The van der Waals surface area contributed by atoms with Crippen molar-refractivity contribution in [2.75, 3.05) is 62.8 Å². The summed E-state index contributed by atoms with van der Waals surface area (Å²) >= 11 is 0. The molecule has 1 aromatic carbocycles. The Morgan fingerprint density at radius 3 is 2.44 bits per heavy atom. The van der Waals surface area contributed by atoms with Crippen molar-refractivity contribution < 1.29 is 41.5 Å². The second-order valence-corrected chi connectivity index (χ2v) is 11.4. The number of ether oxygens (including phenoxy) is 2. The van der Waals surface area contributed by atoms with Crippen LogP contribution in [0.3, 0.4) is 0 Å². The highest BCUT2D eigenvalue weighted by molar-refractivity contribution is 7.51. The molecule has 1 atom stereocenters. The molecule has 0 aromatic heterocycles. The van der Waals surface area contributed by atoms with Gasteiger partial charge in [-0.05, 0) is 19.3 Å². The van der Waals surface area contributed by atoms with E-state index in [9.17, 15) is 14.2 Å². The molecule has 39 heavy (non-hydrogen) atoms. The maximum atomic E-state index is 15.5. The number of halogens is 2. The molecule has 0 spiro atoms. The molecule has 0 radical (unpaired) electrons. The Labute approximate surface area is 225 Å². The van der Waals surface area contributed by atoms with Crippen LogP contribution in [0.25, 0.3) is 0 Å². The molecule has 1 unspecified atom stereocenters. The molecule has 3 aliphatic rings. The van der Waals surface area contributed by atoms with E-state index in [2.05, 4.69) is 23.2 Å². The monoisotopic (exact) mass is 570 g/mol. The predicted molar refractivity (Wildman–Crippen MR) is 140 cm³/mol. The molecule has 1 aromatic rings. The van der Waals surface area contributed by atoms with Gasteiger partial charge >= 0.3 is 19.9 Å². The van der Waals surface area contributed by atoms with Gasteiger partial charge in [0.25, 0.3) is 0 Å². The standard InChI is InChI=1S/C25H33F2N4O7P/c1-4-7-25(8-5-2)17-29(9-10-31(25)39(34)36-11-6-12-37-39)22-20(26)13-18(14-21(22)27)30-16-19(38-24(30)33)15-28-23(32)35-3/h4-5,13-14,19H,1-2,6-12,15-17H2,3H3,(H,28,32). The van der Waals surface area contributed by atoms with Crippen molar-refractivity contribution in [3.63, 3.8) is 0 Å². The summed E-state index contributed by atoms with van der Waals surface area (Å²) in [5.74, 6) is -1.74. The van der Waals surface area contributed by atoms with Gasteiger partial charge in [-0.15, -0.1) is 13.2 Å². The largest absolute Gasteiger partial charge is 0.453 e. The second-order valence-electron chi connectivity index (χ2n) is 9.49. The van der Waals surface area contributed by atoms with E-state index in [0.717, 1.165) is 17.0 Å². The number of rotatable bonds is 9. The summed E-state index contributed by atoms with van der Waals surface area (Å²) in [6, 6.07) is 2.14. The van der Waals surface area contributed by atoms with Gasteiger partial charge in [0.1, 0.15) is 11.8 Å². The first-order chi connectivity index (χ1) is 18.7. The van der Waals surface area contributed by atoms with Gasteiger partial charge in [-0.1, -0.05) is 12.2 Å². The third kappa shape index (κ3) is 5.96. The highest BCUT2D eigenvalue weighted by atomic mass is 31.2. The van der Waals surface area contributed by atoms with Gasteiger partial charge in [-0.3, -0.25) is 13.9 Å². The highest BCUT2D eigenvalue weighted by Crippen LogP contribution is 2.59. The van der Waals surface area contributed by atoms with Crippen LogP contribution in [-0.2, 0) is 23.1 Å². The average Bonchev–Trinajstić information content (AvgIpc) is 3.28. The van der Waals surface area contributed by atoms with Gasteiger partial charge in [0.05, 0.1) is 44.6 Å². The maximum absolute atomic E-state index is 15.5. The van der Waals surface area contributed by atoms with Crippen LogP contribution >= 0.6 is 7.75 Å². The highest BCUT2D eigenvalue weighted by Gasteiger charge is 2.51. The molecule has 2 amide bonds. The number of alkyl carbamates (subject to hydrolysis) is 1. The Morgan fingerprint density at radius 2 is 1.85 bits per heavy atom. The molecule has 0 bridgehead atoms. The Balaban J connectivity index is 1.58. The number of methoxy groups -OCH3 is 1. The molecule has 214 valence electrons. The summed E-state index contributed by atoms with van der Waals surface area (Å²) in [5.41, 5.74) is -1.18. The van der Waals surface area contributed by atoms with Crippen molar-refractivity contribution in [2.24, 2.45) is 0 Å². The first-order valence-corrected chi connectivity index (χ1v) is 14.1. The van der Waals surface area contributed by atoms with Gasteiger partial charge < -0.3 is 19.7 Å². The number of carbonyl (C=O) groups is 2. The average molecular weight is 571 g/mol. The summed E-state index contributed by atoms with van der Waals surface area (Å²) in [5, 5.41) is 2.42. The molecule has 14 heteroatoms. The normalized spacial score (nSPS) is 22.7. The van der Waals surface area contributed by atoms with E-state index in [-0.39, 0.29) is 44.1 Å².